The highest BCUT2D eigenvalue weighted by molar-refractivity contribution is 5.38. The standard InChI is InChI=1S/C17H24FNO/c1-2-3-4-5-6-12-20-14-15-9-10-17(18)16(13-15)8-7-11-19/h9-10,13H,2-6,11-12,14,19H2,1H3. The molecule has 0 aliphatic heterocycles. The van der Waals surface area contributed by atoms with Gasteiger partial charge in [-0.3, -0.25) is 0 Å². The Hall–Kier alpha value is -1.37. The molecule has 1 aromatic carbocycles. The van der Waals surface area contributed by atoms with E-state index in [0.717, 1.165) is 18.6 Å². The Morgan fingerprint density at radius 3 is 2.75 bits per heavy atom. The molecule has 0 heterocycles. The van der Waals surface area contributed by atoms with E-state index in [9.17, 15) is 4.39 Å². The van der Waals surface area contributed by atoms with Gasteiger partial charge in [0.1, 0.15) is 5.82 Å². The fourth-order valence-electron chi connectivity index (χ4n) is 1.90. The molecule has 0 aliphatic carbocycles. The van der Waals surface area contributed by atoms with Crippen molar-refractivity contribution >= 4 is 0 Å². The lowest BCUT2D eigenvalue weighted by molar-refractivity contribution is 0.116. The van der Waals surface area contributed by atoms with E-state index in [2.05, 4.69) is 18.8 Å². The van der Waals surface area contributed by atoms with Crippen LogP contribution in [-0.4, -0.2) is 13.2 Å². The van der Waals surface area contributed by atoms with Gasteiger partial charge in [-0.2, -0.15) is 0 Å². The number of hydrogen-bond acceptors (Lipinski definition) is 2. The molecule has 1 rings (SSSR count). The summed E-state index contributed by atoms with van der Waals surface area (Å²) in [5.41, 5.74) is 6.63. The van der Waals surface area contributed by atoms with Crippen LogP contribution >= 0.6 is 0 Å². The van der Waals surface area contributed by atoms with Gasteiger partial charge in [-0.15, -0.1) is 0 Å². The molecular formula is C17H24FNO. The second-order valence-electron chi connectivity index (χ2n) is 4.79. The first-order valence-corrected chi connectivity index (χ1v) is 7.33. The maximum atomic E-state index is 13.5. The fraction of sp³-hybridized carbons (Fsp3) is 0.529. The first kappa shape index (κ1) is 16.7. The molecule has 2 N–H and O–H groups in total. The van der Waals surface area contributed by atoms with Gasteiger partial charge in [0.15, 0.2) is 0 Å². The molecule has 0 aromatic heterocycles. The van der Waals surface area contributed by atoms with Gasteiger partial charge in [0.2, 0.25) is 0 Å². The van der Waals surface area contributed by atoms with Gasteiger partial charge in [-0.1, -0.05) is 50.5 Å². The molecule has 0 amide bonds. The highest BCUT2D eigenvalue weighted by atomic mass is 19.1. The topological polar surface area (TPSA) is 35.2 Å². The molecule has 110 valence electrons. The molecule has 20 heavy (non-hydrogen) atoms. The Morgan fingerprint density at radius 1 is 1.20 bits per heavy atom. The minimum absolute atomic E-state index is 0.234. The van der Waals surface area contributed by atoms with Crippen LogP contribution in [-0.2, 0) is 11.3 Å². The fourth-order valence-corrected chi connectivity index (χ4v) is 1.90. The van der Waals surface area contributed by atoms with Crippen molar-refractivity contribution in [2.24, 2.45) is 5.73 Å². The van der Waals surface area contributed by atoms with Crippen molar-refractivity contribution in [3.63, 3.8) is 0 Å². The predicted octanol–water partition coefficient (Wildman–Crippen LogP) is 3.62. The minimum Gasteiger partial charge on any atom is -0.377 e. The lowest BCUT2D eigenvalue weighted by atomic mass is 10.1. The molecule has 0 atom stereocenters. The summed E-state index contributed by atoms with van der Waals surface area (Å²) in [4.78, 5) is 0. The van der Waals surface area contributed by atoms with Crippen molar-refractivity contribution < 1.29 is 9.13 Å². The maximum Gasteiger partial charge on any atom is 0.138 e. The van der Waals surface area contributed by atoms with Crippen molar-refractivity contribution in [1.82, 2.24) is 0 Å². The third kappa shape index (κ3) is 6.70. The Bertz CT molecular complexity index is 448. The van der Waals surface area contributed by atoms with E-state index >= 15 is 0 Å². The van der Waals surface area contributed by atoms with Gasteiger partial charge in [0.05, 0.1) is 18.7 Å². The van der Waals surface area contributed by atoms with Crippen LogP contribution in [0.15, 0.2) is 18.2 Å². The van der Waals surface area contributed by atoms with Gasteiger partial charge in [0, 0.05) is 6.61 Å². The van der Waals surface area contributed by atoms with Crippen molar-refractivity contribution in [1.29, 1.82) is 0 Å². The molecule has 0 unspecified atom stereocenters. The van der Waals surface area contributed by atoms with Crippen molar-refractivity contribution in [3.05, 3.63) is 35.1 Å². The molecule has 0 fully saturated rings. The number of halogens is 1. The minimum atomic E-state index is -0.311. The van der Waals surface area contributed by atoms with E-state index < -0.39 is 0 Å². The van der Waals surface area contributed by atoms with Gasteiger partial charge >= 0.3 is 0 Å². The SMILES string of the molecule is CCCCCCCOCc1ccc(F)c(C#CCN)c1. The van der Waals surface area contributed by atoms with Crippen LogP contribution in [0.1, 0.15) is 50.2 Å². The summed E-state index contributed by atoms with van der Waals surface area (Å²) >= 11 is 0. The highest BCUT2D eigenvalue weighted by Crippen LogP contribution is 2.11. The molecule has 0 bridgehead atoms. The lowest BCUT2D eigenvalue weighted by Gasteiger charge is -2.05. The second kappa shape index (κ2) is 10.4. The molecule has 3 heteroatoms. The number of hydrogen-bond donors (Lipinski definition) is 1. The summed E-state index contributed by atoms with van der Waals surface area (Å²) < 4.78 is 19.1. The average molecular weight is 277 g/mol. The van der Waals surface area contributed by atoms with Crippen molar-refractivity contribution in [2.75, 3.05) is 13.2 Å². The number of ether oxygens (including phenoxy) is 1. The molecule has 1 aromatic rings. The summed E-state index contributed by atoms with van der Waals surface area (Å²) in [7, 11) is 0. The number of unbranched alkanes of at least 4 members (excludes halogenated alkanes) is 4. The smallest absolute Gasteiger partial charge is 0.138 e. The maximum absolute atomic E-state index is 13.5. The van der Waals surface area contributed by atoms with Gasteiger partial charge in [0.25, 0.3) is 0 Å². The first-order chi connectivity index (χ1) is 9.77. The van der Waals surface area contributed by atoms with E-state index in [1.165, 1.54) is 31.7 Å². The van der Waals surface area contributed by atoms with Gasteiger partial charge in [-0.05, 0) is 24.1 Å². The second-order valence-corrected chi connectivity index (χ2v) is 4.79. The van der Waals surface area contributed by atoms with Gasteiger partial charge < -0.3 is 10.5 Å². The Balaban J connectivity index is 2.33. The number of nitrogens with two attached hydrogens (primary N) is 1. The van der Waals surface area contributed by atoms with E-state index in [1.807, 2.05) is 0 Å². The monoisotopic (exact) mass is 277 g/mol. The molecule has 2 nitrogen and oxygen atoms in total. The van der Waals surface area contributed by atoms with Crippen LogP contribution in [0.3, 0.4) is 0 Å². The van der Waals surface area contributed by atoms with Crippen LogP contribution in [0.2, 0.25) is 0 Å². The third-order valence-corrected chi connectivity index (χ3v) is 3.02. The van der Waals surface area contributed by atoms with E-state index in [4.69, 9.17) is 10.5 Å². The van der Waals surface area contributed by atoms with E-state index in [0.29, 0.717) is 12.2 Å². The van der Waals surface area contributed by atoms with Crippen LogP contribution in [0.4, 0.5) is 4.39 Å². The summed E-state index contributed by atoms with van der Waals surface area (Å²) in [5.74, 6) is 5.09. The quantitative estimate of drug-likeness (QED) is 0.582. The zero-order valence-electron chi connectivity index (χ0n) is 12.3. The third-order valence-electron chi connectivity index (χ3n) is 3.02. The van der Waals surface area contributed by atoms with Crippen LogP contribution in [0.5, 0.6) is 0 Å². The lowest BCUT2D eigenvalue weighted by Crippen LogP contribution is -1.98. The van der Waals surface area contributed by atoms with Gasteiger partial charge in [-0.25, -0.2) is 4.39 Å². The summed E-state index contributed by atoms with van der Waals surface area (Å²) in [6, 6.07) is 4.90. The Morgan fingerprint density at radius 2 is 2.00 bits per heavy atom. The molecular weight excluding hydrogens is 253 g/mol. The van der Waals surface area contributed by atoms with Crippen molar-refractivity contribution in [3.8, 4) is 11.8 Å². The molecule has 0 spiro atoms. The summed E-state index contributed by atoms with van der Waals surface area (Å²) in [6.07, 6.45) is 6.12. The molecule has 0 radical (unpaired) electrons. The zero-order chi connectivity index (χ0) is 14.6. The normalized spacial score (nSPS) is 10.2. The van der Waals surface area contributed by atoms with Crippen molar-refractivity contribution in [2.45, 2.75) is 45.6 Å². The number of benzene rings is 1. The highest BCUT2D eigenvalue weighted by Gasteiger charge is 2.01. The van der Waals surface area contributed by atoms with Crippen LogP contribution in [0, 0.1) is 17.7 Å². The average Bonchev–Trinajstić information content (AvgIpc) is 2.46. The first-order valence-electron chi connectivity index (χ1n) is 7.33. The van der Waals surface area contributed by atoms with Crippen LogP contribution < -0.4 is 5.73 Å². The zero-order valence-corrected chi connectivity index (χ0v) is 12.3. The van der Waals surface area contributed by atoms with Crippen LogP contribution in [0.25, 0.3) is 0 Å². The summed E-state index contributed by atoms with van der Waals surface area (Å²) in [5, 5.41) is 0. The summed E-state index contributed by atoms with van der Waals surface area (Å²) in [6.45, 7) is 3.70. The Labute approximate surface area is 121 Å². The molecule has 0 aliphatic rings. The van der Waals surface area contributed by atoms with E-state index in [1.54, 1.807) is 12.1 Å². The predicted molar refractivity (Wildman–Crippen MR) is 80.7 cm³/mol. The Kier molecular flexibility index (Phi) is 8.69. The molecule has 0 saturated heterocycles. The number of rotatable bonds is 8. The van der Waals surface area contributed by atoms with E-state index in [-0.39, 0.29) is 12.4 Å². The molecule has 0 saturated carbocycles. The largest absolute Gasteiger partial charge is 0.377 e.